The minimum atomic E-state index is -1.64. The number of likely N-dealkylation sites (N-methyl/N-ethyl adjacent to an activating group) is 7. The van der Waals surface area contributed by atoms with Gasteiger partial charge in [0.05, 0.1) is 31.8 Å². The van der Waals surface area contributed by atoms with Crippen LogP contribution in [0.25, 0.3) is 0 Å². The Bertz CT molecular complexity index is 2780. The van der Waals surface area contributed by atoms with Gasteiger partial charge in [0.2, 0.25) is 70.9 Å². The molecule has 0 spiro atoms. The van der Waals surface area contributed by atoms with E-state index in [2.05, 4.69) is 21.3 Å². The Labute approximate surface area is 600 Å². The van der Waals surface area contributed by atoms with Crippen LogP contribution in [0, 0.1) is 29.6 Å². The Morgan fingerprint density at radius 3 is 1.60 bits per heavy atom. The fraction of sp³-hybridized carbons (Fsp3) is 0.836. The average Bonchev–Trinajstić information content (AvgIpc) is 0.819. The maximum atomic E-state index is 15.5. The van der Waals surface area contributed by atoms with Crippen molar-refractivity contribution in [2.24, 2.45) is 29.6 Å². The van der Waals surface area contributed by atoms with E-state index >= 15 is 24.0 Å². The normalized spacial score (nSPS) is 30.0. The Kier molecular flexibility index (Phi) is 33.8. The molecule has 27 heteroatoms. The van der Waals surface area contributed by atoms with Crippen molar-refractivity contribution in [1.82, 2.24) is 60.5 Å². The molecule has 568 valence electrons. The summed E-state index contributed by atoms with van der Waals surface area (Å²) in [4.78, 5) is 189. The van der Waals surface area contributed by atoms with E-state index < -0.39 is 156 Å². The fourth-order valence-electron chi connectivity index (χ4n) is 15.0. The number of nitrogens with one attached hydrogen (secondary N) is 4. The quantitative estimate of drug-likeness (QED) is 0.137. The number of amides is 12. The third kappa shape index (κ3) is 23.7. The number of alkyl halides is 1. The first-order valence-corrected chi connectivity index (χ1v) is 37.8. The summed E-state index contributed by atoms with van der Waals surface area (Å²) in [5, 5.41) is 22.4. The number of hydrogen-bond acceptors (Lipinski definition) is 14. The molecule has 5 N–H and O–H groups in total. The predicted octanol–water partition coefficient (Wildman–Crippen LogP) is 4.83. The highest BCUT2D eigenvalue weighted by Gasteiger charge is 2.45. The number of halogens is 1. The van der Waals surface area contributed by atoms with Crippen molar-refractivity contribution in [1.29, 1.82) is 0 Å². The molecule has 100 heavy (non-hydrogen) atoms. The summed E-state index contributed by atoms with van der Waals surface area (Å²) in [5.41, 5.74) is 0. The first-order chi connectivity index (χ1) is 47.1. The van der Waals surface area contributed by atoms with Crippen LogP contribution in [0.4, 0.5) is 0 Å². The van der Waals surface area contributed by atoms with Crippen LogP contribution in [0.15, 0.2) is 0 Å². The van der Waals surface area contributed by atoms with E-state index in [0.29, 0.717) is 45.2 Å². The SMILES string of the molecule is CC[C@H](C)[C@H]1C(=O)N[C@@H]([C@@H](C)O)C(=O)N(C)CC(=O)N(C)[C@@H](CC(C)C)C(=O)N[C@H](C(=O)N2CCCCC2)CC(=O)N(C)[C@@H](C)C(=O)NC(COC2CCCC(Cl)C2)C(=O)N(C)[C@@H](CC(C)C)C(=O)N(C)[C@@H](CC2CCCCC2)C(=O)N[C@@H](C)C(=O)N(C)[C@@H](CC2CCCCC2)C(=O)N1C. The van der Waals surface area contributed by atoms with Crippen molar-refractivity contribution >= 4 is 82.5 Å². The number of nitrogens with zero attached hydrogens (tertiary/aromatic N) is 8. The first kappa shape index (κ1) is 84.5. The molecule has 0 radical (unpaired) electrons. The van der Waals surface area contributed by atoms with Crippen LogP contribution in [-0.2, 0) is 62.3 Å². The Morgan fingerprint density at radius 1 is 0.530 bits per heavy atom. The molecule has 5 fully saturated rings. The summed E-state index contributed by atoms with van der Waals surface area (Å²) in [7, 11) is 10.0. The van der Waals surface area contributed by atoms with E-state index in [1.54, 1.807) is 11.8 Å². The second-order valence-electron chi connectivity index (χ2n) is 30.7. The maximum Gasteiger partial charge on any atom is 0.248 e. The standard InChI is InChI=1S/C73H125ClN12O14/c1-17-46(6)63-67(93)78-62(49(9)87)73(99)79(10)42-61(89)81(12)56(36-44(2)3)66(92)76-54(70(96)86-34-25-20-26-35-86)41-60(88)80(11)48(8)64(90)77-55(43-100-53-33-27-32-52(74)40-53)69(95)84(15)58(37-45(4)5)71(97)82(13)57(38-50-28-21-18-22-29-50)65(91)75-47(7)68(94)83(14)59(72(98)85(63)16)39-51-30-23-19-24-31-51/h44-59,62-63,87H,17-43H2,1-16H3,(H,75,91)(H,76,92)(H,77,90)(H,78,93)/t46-,47-,48-,49+,52?,53?,54-,55?,56-,57-,58-,59-,62-,63-/m0/s1. The number of carbonyl (C=O) groups excluding carboxylic acids is 12. The topological polar surface area (TPSA) is 308 Å². The minimum Gasteiger partial charge on any atom is -0.391 e. The lowest BCUT2D eigenvalue weighted by Gasteiger charge is -2.40. The van der Waals surface area contributed by atoms with Gasteiger partial charge in [-0.05, 0) is 121 Å². The largest absolute Gasteiger partial charge is 0.391 e. The molecular formula is C73H125ClN12O14. The average molecular weight is 1430 g/mol. The molecule has 2 saturated heterocycles. The van der Waals surface area contributed by atoms with E-state index in [0.717, 1.165) is 98.2 Å². The van der Waals surface area contributed by atoms with Gasteiger partial charge in [-0.2, -0.15) is 0 Å². The number of piperidine rings is 1. The summed E-state index contributed by atoms with van der Waals surface area (Å²) in [6, 6.07) is -13.0. The van der Waals surface area contributed by atoms with Gasteiger partial charge in [-0.1, -0.05) is 112 Å². The van der Waals surface area contributed by atoms with Crippen LogP contribution < -0.4 is 21.3 Å². The minimum absolute atomic E-state index is 0.0296. The zero-order valence-corrected chi connectivity index (χ0v) is 64.0. The van der Waals surface area contributed by atoms with Crippen molar-refractivity contribution in [2.75, 3.05) is 75.6 Å². The molecule has 0 aromatic carbocycles. The molecule has 0 aromatic rings. The zero-order valence-electron chi connectivity index (χ0n) is 63.2. The predicted molar refractivity (Wildman–Crippen MR) is 381 cm³/mol. The molecule has 3 unspecified atom stereocenters. The molecule has 26 nitrogen and oxygen atoms in total. The summed E-state index contributed by atoms with van der Waals surface area (Å²) in [6.45, 7) is 15.1. The molecule has 2 aliphatic heterocycles. The lowest BCUT2D eigenvalue weighted by molar-refractivity contribution is -0.152. The van der Waals surface area contributed by atoms with Gasteiger partial charge >= 0.3 is 0 Å². The van der Waals surface area contributed by atoms with Gasteiger partial charge in [0.25, 0.3) is 0 Å². The highest BCUT2D eigenvalue weighted by atomic mass is 35.5. The van der Waals surface area contributed by atoms with Gasteiger partial charge in [0.1, 0.15) is 60.4 Å². The number of aliphatic hydroxyl groups excluding tert-OH is 1. The fourth-order valence-corrected chi connectivity index (χ4v) is 15.4. The molecule has 3 aliphatic carbocycles. The molecule has 0 aromatic heterocycles. The Morgan fingerprint density at radius 2 is 1.05 bits per heavy atom. The Hall–Kier alpha value is -6.15. The third-order valence-corrected chi connectivity index (χ3v) is 22.3. The summed E-state index contributed by atoms with van der Waals surface area (Å²) < 4.78 is 6.40. The lowest BCUT2D eigenvalue weighted by Crippen LogP contribution is -2.62. The second kappa shape index (κ2) is 40.1. The Balaban J connectivity index is 1.65. The van der Waals surface area contributed by atoms with Crippen molar-refractivity contribution in [3.63, 3.8) is 0 Å². The lowest BCUT2D eigenvalue weighted by atomic mass is 9.83. The van der Waals surface area contributed by atoms with Crippen LogP contribution in [0.5, 0.6) is 0 Å². The number of aliphatic hydroxyl groups is 1. The van der Waals surface area contributed by atoms with E-state index in [1.165, 1.54) is 89.7 Å². The van der Waals surface area contributed by atoms with Crippen LogP contribution in [0.3, 0.4) is 0 Å². The number of hydrogen-bond donors (Lipinski definition) is 5. The van der Waals surface area contributed by atoms with E-state index in [-0.39, 0.29) is 67.4 Å². The number of carbonyl (C=O) groups is 12. The molecule has 5 aliphatic rings. The molecule has 2 heterocycles. The van der Waals surface area contributed by atoms with Crippen LogP contribution in [0.1, 0.15) is 210 Å². The number of likely N-dealkylation sites (tertiary alicyclic amines) is 1. The highest BCUT2D eigenvalue weighted by Crippen LogP contribution is 2.33. The van der Waals surface area contributed by atoms with Crippen molar-refractivity contribution < 1.29 is 67.4 Å². The highest BCUT2D eigenvalue weighted by molar-refractivity contribution is 6.20. The van der Waals surface area contributed by atoms with Crippen molar-refractivity contribution in [3.05, 3.63) is 0 Å². The second-order valence-corrected chi connectivity index (χ2v) is 31.3. The van der Waals surface area contributed by atoms with Crippen LogP contribution in [0.2, 0.25) is 0 Å². The maximum absolute atomic E-state index is 15.5. The van der Waals surface area contributed by atoms with Gasteiger partial charge < -0.3 is 70.3 Å². The summed E-state index contributed by atoms with van der Waals surface area (Å²) >= 11 is 6.62. The first-order valence-electron chi connectivity index (χ1n) is 37.4. The molecule has 12 amide bonds. The van der Waals surface area contributed by atoms with E-state index in [9.17, 15) is 38.7 Å². The smallest absolute Gasteiger partial charge is 0.248 e. The number of ether oxygens (including phenoxy) is 1. The number of rotatable bonds is 15. The van der Waals surface area contributed by atoms with Crippen molar-refractivity contribution in [3.8, 4) is 0 Å². The van der Waals surface area contributed by atoms with Crippen LogP contribution >= 0.6 is 11.6 Å². The van der Waals surface area contributed by atoms with Gasteiger partial charge in [-0.3, -0.25) is 57.5 Å². The molecule has 0 bridgehead atoms. The van der Waals surface area contributed by atoms with Gasteiger partial charge in [0.15, 0.2) is 0 Å². The monoisotopic (exact) mass is 1430 g/mol. The molecule has 14 atom stereocenters. The van der Waals surface area contributed by atoms with E-state index in [4.69, 9.17) is 16.3 Å². The van der Waals surface area contributed by atoms with E-state index in [1.807, 2.05) is 34.6 Å². The molecule has 3 saturated carbocycles. The third-order valence-electron chi connectivity index (χ3n) is 21.9. The zero-order chi connectivity index (χ0) is 74.6. The molecular weight excluding hydrogens is 1300 g/mol. The van der Waals surface area contributed by atoms with Gasteiger partial charge in [-0.25, -0.2) is 0 Å². The summed E-state index contributed by atoms with van der Waals surface area (Å²) in [5.74, 6) is -9.09. The van der Waals surface area contributed by atoms with Crippen LogP contribution in [-0.4, -0.2) is 269 Å². The molecule has 5 rings (SSSR count). The summed E-state index contributed by atoms with van der Waals surface area (Å²) in [6.07, 6.45) is 12.4. The van der Waals surface area contributed by atoms with Gasteiger partial charge in [0, 0.05) is 67.8 Å². The van der Waals surface area contributed by atoms with Gasteiger partial charge in [-0.15, -0.1) is 11.6 Å². The van der Waals surface area contributed by atoms with Crippen molar-refractivity contribution in [2.45, 2.75) is 288 Å².